The minimum atomic E-state index is -0.562. The van der Waals surface area contributed by atoms with Crippen molar-refractivity contribution in [2.75, 3.05) is 0 Å². The summed E-state index contributed by atoms with van der Waals surface area (Å²) in [5, 5.41) is 1.67. The Morgan fingerprint density at radius 2 is 1.86 bits per heavy atom. The van der Waals surface area contributed by atoms with Crippen LogP contribution in [-0.2, 0) is 4.79 Å². The van der Waals surface area contributed by atoms with Crippen LogP contribution in [-0.4, -0.2) is 5.97 Å². The molecule has 0 amide bonds. The third-order valence-electron chi connectivity index (χ3n) is 3.17. The van der Waals surface area contributed by atoms with Crippen LogP contribution in [0, 0.1) is 11.9 Å². The fourth-order valence-corrected chi connectivity index (χ4v) is 2.12. The molecule has 0 spiro atoms. The highest BCUT2D eigenvalue weighted by Crippen LogP contribution is 2.24. The van der Waals surface area contributed by atoms with E-state index in [1.807, 2.05) is 18.2 Å². The van der Waals surface area contributed by atoms with Gasteiger partial charge in [0.15, 0.2) is 0 Å². The lowest BCUT2D eigenvalue weighted by Crippen LogP contribution is -2.04. The van der Waals surface area contributed by atoms with Crippen molar-refractivity contribution in [3.05, 3.63) is 84.2 Å². The highest BCUT2D eigenvalue weighted by molar-refractivity contribution is 5.93. The number of fused-ring (bicyclic) bond motifs is 1. The zero-order valence-corrected chi connectivity index (χ0v) is 11.6. The first-order valence-electron chi connectivity index (χ1n) is 6.78. The van der Waals surface area contributed by atoms with E-state index in [1.165, 1.54) is 18.2 Å². The number of ether oxygens (including phenoxy) is 1. The van der Waals surface area contributed by atoms with E-state index < -0.39 is 5.97 Å². The zero-order chi connectivity index (χ0) is 15.4. The third-order valence-corrected chi connectivity index (χ3v) is 3.17. The summed E-state index contributed by atoms with van der Waals surface area (Å²) < 4.78 is 18.8. The van der Waals surface area contributed by atoms with Gasteiger partial charge in [0.25, 0.3) is 0 Å². The molecule has 1 radical (unpaired) electrons. The van der Waals surface area contributed by atoms with E-state index in [1.54, 1.807) is 36.4 Å². The van der Waals surface area contributed by atoms with Crippen molar-refractivity contribution < 1.29 is 13.9 Å². The molecule has 3 heteroatoms. The Labute approximate surface area is 127 Å². The van der Waals surface area contributed by atoms with Gasteiger partial charge in [-0.1, -0.05) is 48.5 Å². The van der Waals surface area contributed by atoms with E-state index in [4.69, 9.17) is 4.74 Å². The molecule has 0 unspecified atom stereocenters. The Morgan fingerprint density at radius 3 is 2.73 bits per heavy atom. The lowest BCUT2D eigenvalue weighted by molar-refractivity contribution is -0.128. The molecule has 0 aliphatic carbocycles. The lowest BCUT2D eigenvalue weighted by Gasteiger charge is -2.05. The summed E-state index contributed by atoms with van der Waals surface area (Å²) in [4.78, 5) is 11.9. The lowest BCUT2D eigenvalue weighted by atomic mass is 10.1. The quantitative estimate of drug-likeness (QED) is 0.406. The van der Waals surface area contributed by atoms with Gasteiger partial charge in [-0.05, 0) is 29.7 Å². The van der Waals surface area contributed by atoms with Gasteiger partial charge >= 0.3 is 5.97 Å². The number of hydrogen-bond acceptors (Lipinski definition) is 2. The summed E-state index contributed by atoms with van der Waals surface area (Å²) >= 11 is 0. The molecule has 0 aliphatic rings. The molecule has 0 atom stereocenters. The fourth-order valence-electron chi connectivity index (χ4n) is 2.12. The number of esters is 1. The molecule has 3 rings (SSSR count). The van der Waals surface area contributed by atoms with Crippen LogP contribution in [0.15, 0.2) is 66.7 Å². The first kappa shape index (κ1) is 14.0. The van der Waals surface area contributed by atoms with E-state index in [0.717, 1.165) is 10.8 Å². The van der Waals surface area contributed by atoms with Crippen molar-refractivity contribution in [3.63, 3.8) is 0 Å². The summed E-state index contributed by atoms with van der Waals surface area (Å²) in [6.45, 7) is 0. The Balaban J connectivity index is 1.81. The molecule has 0 aromatic heterocycles. The predicted molar refractivity (Wildman–Crippen MR) is 83.9 cm³/mol. The maximum Gasteiger partial charge on any atom is 0.336 e. The molecule has 0 heterocycles. The molecular formula is C19H12FO2. The molecule has 3 aromatic rings. The molecule has 0 aliphatic heterocycles. The molecule has 0 saturated carbocycles. The first-order chi connectivity index (χ1) is 10.7. The first-order valence-corrected chi connectivity index (χ1v) is 6.78. The van der Waals surface area contributed by atoms with E-state index in [2.05, 4.69) is 6.07 Å². The smallest absolute Gasteiger partial charge is 0.336 e. The van der Waals surface area contributed by atoms with E-state index in [9.17, 15) is 9.18 Å². The third kappa shape index (κ3) is 3.04. The molecule has 22 heavy (non-hydrogen) atoms. The Morgan fingerprint density at radius 1 is 1.05 bits per heavy atom. The number of benzene rings is 3. The molecule has 2 nitrogen and oxygen atoms in total. The SMILES string of the molecule is O=C(/C=C/c1ccccc1F)Oc1cccc2ccc[c]c12. The summed E-state index contributed by atoms with van der Waals surface area (Å²) in [7, 11) is 0. The van der Waals surface area contributed by atoms with Gasteiger partial charge in [0.2, 0.25) is 0 Å². The summed E-state index contributed by atoms with van der Waals surface area (Å²) in [5.41, 5.74) is 0.337. The van der Waals surface area contributed by atoms with Crippen molar-refractivity contribution in [1.82, 2.24) is 0 Å². The van der Waals surface area contributed by atoms with Gasteiger partial charge in [0.05, 0.1) is 0 Å². The predicted octanol–water partition coefficient (Wildman–Crippen LogP) is 4.40. The average Bonchev–Trinajstić information content (AvgIpc) is 2.54. The van der Waals surface area contributed by atoms with Crippen molar-refractivity contribution in [3.8, 4) is 5.75 Å². The van der Waals surface area contributed by atoms with Crippen molar-refractivity contribution >= 4 is 22.8 Å². The number of carbonyl (C=O) groups excluding carboxylic acids is 1. The maximum absolute atomic E-state index is 13.5. The van der Waals surface area contributed by atoms with Gasteiger partial charge in [-0.2, -0.15) is 0 Å². The van der Waals surface area contributed by atoms with E-state index in [0.29, 0.717) is 11.3 Å². The molecule has 107 valence electrons. The summed E-state index contributed by atoms with van der Waals surface area (Å²) in [5.74, 6) is -0.515. The van der Waals surface area contributed by atoms with Crippen LogP contribution in [0.4, 0.5) is 4.39 Å². The van der Waals surface area contributed by atoms with Gasteiger partial charge in [-0.25, -0.2) is 9.18 Å². The highest BCUT2D eigenvalue weighted by Gasteiger charge is 2.05. The molecule has 0 N–H and O–H groups in total. The minimum absolute atomic E-state index is 0.337. The van der Waals surface area contributed by atoms with Gasteiger partial charge in [-0.15, -0.1) is 0 Å². The van der Waals surface area contributed by atoms with Crippen LogP contribution in [0.1, 0.15) is 5.56 Å². The second-order valence-corrected chi connectivity index (χ2v) is 4.67. The van der Waals surface area contributed by atoms with Crippen LogP contribution < -0.4 is 4.74 Å². The number of halogens is 1. The summed E-state index contributed by atoms with van der Waals surface area (Å²) in [6, 6.07) is 20.2. The molecule has 0 saturated heterocycles. The second kappa shape index (κ2) is 6.22. The Kier molecular flexibility index (Phi) is 3.97. The molecule has 0 bridgehead atoms. The van der Waals surface area contributed by atoms with Crippen LogP contribution in [0.5, 0.6) is 5.75 Å². The van der Waals surface area contributed by atoms with Gasteiger partial charge in [0, 0.05) is 17.0 Å². The van der Waals surface area contributed by atoms with Crippen LogP contribution in [0.25, 0.3) is 16.8 Å². The van der Waals surface area contributed by atoms with Crippen LogP contribution in [0.2, 0.25) is 0 Å². The zero-order valence-electron chi connectivity index (χ0n) is 11.6. The largest absolute Gasteiger partial charge is 0.423 e. The van der Waals surface area contributed by atoms with Gasteiger partial charge < -0.3 is 4.74 Å². The van der Waals surface area contributed by atoms with Gasteiger partial charge in [-0.3, -0.25) is 0 Å². The maximum atomic E-state index is 13.5. The molecule has 0 fully saturated rings. The number of carbonyl (C=O) groups is 1. The second-order valence-electron chi connectivity index (χ2n) is 4.67. The molecule has 3 aromatic carbocycles. The van der Waals surface area contributed by atoms with Crippen molar-refractivity contribution in [2.45, 2.75) is 0 Å². The molecular weight excluding hydrogens is 279 g/mol. The summed E-state index contributed by atoms with van der Waals surface area (Å²) in [6.07, 6.45) is 2.60. The standard InChI is InChI=1S/C19H12FO2/c20-17-10-4-2-7-15(17)12-13-19(21)22-18-11-5-8-14-6-1-3-9-16(14)18/h1-8,10-13H/b13-12+. The van der Waals surface area contributed by atoms with E-state index >= 15 is 0 Å². The van der Waals surface area contributed by atoms with E-state index in [-0.39, 0.29) is 5.82 Å². The average molecular weight is 291 g/mol. The normalized spacial score (nSPS) is 11.0. The topological polar surface area (TPSA) is 26.3 Å². The monoisotopic (exact) mass is 291 g/mol. The van der Waals surface area contributed by atoms with Crippen LogP contribution in [0.3, 0.4) is 0 Å². The number of rotatable bonds is 3. The van der Waals surface area contributed by atoms with Crippen molar-refractivity contribution in [1.29, 1.82) is 0 Å². The minimum Gasteiger partial charge on any atom is -0.423 e. The fraction of sp³-hybridized carbons (Fsp3) is 0. The Hall–Kier alpha value is -2.94. The number of hydrogen-bond donors (Lipinski definition) is 0. The van der Waals surface area contributed by atoms with Crippen LogP contribution >= 0.6 is 0 Å². The van der Waals surface area contributed by atoms with Crippen molar-refractivity contribution in [2.24, 2.45) is 0 Å². The Bertz CT molecular complexity index is 847. The van der Waals surface area contributed by atoms with Gasteiger partial charge in [0.1, 0.15) is 11.6 Å². The highest BCUT2D eigenvalue weighted by atomic mass is 19.1.